The molecule has 3 atom stereocenters. The average molecular weight is 668 g/mol. The van der Waals surface area contributed by atoms with Crippen LogP contribution in [0.3, 0.4) is 0 Å². The van der Waals surface area contributed by atoms with Gasteiger partial charge in [-0.3, -0.25) is 9.78 Å². The number of anilines is 1. The Morgan fingerprint density at radius 3 is 2.39 bits per heavy atom. The summed E-state index contributed by atoms with van der Waals surface area (Å²) < 4.78 is 114. The van der Waals surface area contributed by atoms with Gasteiger partial charge in [0.1, 0.15) is 23.3 Å². The highest BCUT2D eigenvalue weighted by atomic mass is 32.2. The highest BCUT2D eigenvalue weighted by Crippen LogP contribution is 2.53. The summed E-state index contributed by atoms with van der Waals surface area (Å²) in [6.45, 7) is -0.548. The molecule has 0 unspecified atom stereocenters. The van der Waals surface area contributed by atoms with Crippen molar-refractivity contribution in [2.75, 3.05) is 38.0 Å². The molecule has 6 rings (SSSR count). The number of carbonyl (C=O) groups is 1. The van der Waals surface area contributed by atoms with Crippen molar-refractivity contribution in [2.45, 2.75) is 43.1 Å². The minimum Gasteiger partial charge on any atom is -0.324 e. The second-order valence-electron chi connectivity index (χ2n) is 12.1. The van der Waals surface area contributed by atoms with Gasteiger partial charge in [-0.05, 0) is 54.2 Å². The molecular weight excluding hydrogens is 636 g/mol. The molecule has 3 fully saturated rings. The number of pyridine rings is 1. The van der Waals surface area contributed by atoms with Gasteiger partial charge in [-0.1, -0.05) is 12.1 Å². The fourth-order valence-corrected chi connectivity index (χ4v) is 8.67. The first-order chi connectivity index (χ1) is 21.8. The number of nitrogens with one attached hydrogen (secondary N) is 2. The molecule has 2 saturated heterocycles. The third kappa shape index (κ3) is 6.50. The van der Waals surface area contributed by atoms with E-state index < -0.39 is 75.6 Å². The Morgan fingerprint density at radius 1 is 1.00 bits per heavy atom. The van der Waals surface area contributed by atoms with Crippen LogP contribution in [-0.4, -0.2) is 72.1 Å². The van der Waals surface area contributed by atoms with Crippen molar-refractivity contribution in [2.24, 2.45) is 5.92 Å². The number of nitrogens with zero attached hydrogens (tertiary/aromatic N) is 3. The zero-order valence-corrected chi connectivity index (χ0v) is 25.3. The highest BCUT2D eigenvalue weighted by molar-refractivity contribution is 7.86. The zero-order chi connectivity index (χ0) is 32.9. The Labute approximate surface area is 262 Å². The molecule has 1 aromatic heterocycles. The molecule has 3 aliphatic rings. The van der Waals surface area contributed by atoms with Crippen molar-refractivity contribution >= 4 is 21.8 Å². The summed E-state index contributed by atoms with van der Waals surface area (Å²) in [6, 6.07) is 7.97. The third-order valence-corrected chi connectivity index (χ3v) is 11.1. The van der Waals surface area contributed by atoms with Crippen LogP contribution in [0.4, 0.5) is 32.0 Å². The monoisotopic (exact) mass is 667 g/mol. The number of halogens is 6. The molecule has 2 N–H and O–H groups in total. The van der Waals surface area contributed by atoms with Crippen LogP contribution in [0.1, 0.15) is 41.9 Å². The second kappa shape index (κ2) is 12.2. The number of benzene rings is 2. The maximum absolute atomic E-state index is 15.3. The third-order valence-electron chi connectivity index (χ3n) is 9.04. The molecule has 246 valence electrons. The first-order valence-corrected chi connectivity index (χ1v) is 16.2. The molecule has 0 bridgehead atoms. The van der Waals surface area contributed by atoms with Gasteiger partial charge in [-0.15, -0.1) is 0 Å². The standard InChI is InChI=1S/C31H31F6N5O3S/c32-22-3-1-19(2-4-22)25(20-9-23(33)12-24(34)10-20)13-29(43)40-28-16-39-15-27(35)26(28)11-21-14-30(21)17-38-6-8-42(30)46(44,45)41-7-5-31(36,37)18-41/h1-4,9-10,12,15-16,21,25,38H,5-8,11,13-14,17-18H2,(H,40,43)/t21-,25+,30+/m1/s1. The van der Waals surface area contributed by atoms with E-state index in [9.17, 15) is 35.2 Å². The highest BCUT2D eigenvalue weighted by Gasteiger charge is 2.63. The summed E-state index contributed by atoms with van der Waals surface area (Å²) in [4.78, 5) is 17.2. The lowest BCUT2D eigenvalue weighted by molar-refractivity contribution is -0.116. The van der Waals surface area contributed by atoms with Crippen LogP contribution >= 0.6 is 0 Å². The van der Waals surface area contributed by atoms with Gasteiger partial charge in [0.15, 0.2) is 0 Å². The number of alkyl halides is 2. The van der Waals surface area contributed by atoms with Gasteiger partial charge in [0.2, 0.25) is 5.91 Å². The number of carbonyl (C=O) groups excluding carboxylic acids is 1. The largest absolute Gasteiger partial charge is 0.324 e. The van der Waals surface area contributed by atoms with Crippen LogP contribution in [0.15, 0.2) is 54.9 Å². The number of amides is 1. The van der Waals surface area contributed by atoms with E-state index >= 15 is 4.39 Å². The van der Waals surface area contributed by atoms with Gasteiger partial charge in [0, 0.05) is 56.6 Å². The number of hydrogen-bond acceptors (Lipinski definition) is 5. The van der Waals surface area contributed by atoms with Crippen LogP contribution < -0.4 is 10.6 Å². The topological polar surface area (TPSA) is 94.6 Å². The predicted molar refractivity (Wildman–Crippen MR) is 156 cm³/mol. The van der Waals surface area contributed by atoms with Gasteiger partial charge in [-0.25, -0.2) is 26.3 Å². The van der Waals surface area contributed by atoms with Crippen molar-refractivity contribution in [1.82, 2.24) is 18.9 Å². The SMILES string of the molecule is O=C(C[C@@H](c1ccc(F)cc1)c1cc(F)cc(F)c1)Nc1cncc(F)c1C[C@@H]1C[C@]12CNCCN2S(=O)(=O)N1CCC(F)(F)C1. The molecule has 1 spiro atoms. The van der Waals surface area contributed by atoms with E-state index in [2.05, 4.69) is 15.6 Å². The Bertz CT molecular complexity index is 1720. The van der Waals surface area contributed by atoms with E-state index in [0.717, 1.165) is 34.8 Å². The molecule has 1 aliphatic carbocycles. The smallest absolute Gasteiger partial charge is 0.282 e. The molecular formula is C31H31F6N5O3S. The summed E-state index contributed by atoms with van der Waals surface area (Å²) in [5.41, 5.74) is -0.288. The molecule has 15 heteroatoms. The van der Waals surface area contributed by atoms with Crippen LogP contribution in [0.5, 0.6) is 0 Å². The van der Waals surface area contributed by atoms with E-state index in [4.69, 9.17) is 0 Å². The summed E-state index contributed by atoms with van der Waals surface area (Å²) >= 11 is 0. The normalized spacial score (nSPS) is 23.8. The summed E-state index contributed by atoms with van der Waals surface area (Å²) in [5, 5.41) is 5.80. The van der Waals surface area contributed by atoms with Gasteiger partial charge in [0.25, 0.3) is 16.1 Å². The van der Waals surface area contributed by atoms with Gasteiger partial charge < -0.3 is 10.6 Å². The van der Waals surface area contributed by atoms with Crippen molar-refractivity contribution in [3.63, 3.8) is 0 Å². The Balaban J connectivity index is 1.22. The lowest BCUT2D eigenvalue weighted by atomic mass is 9.88. The fraction of sp³-hybridized carbons (Fsp3) is 0.419. The van der Waals surface area contributed by atoms with Crippen molar-refractivity contribution < 1.29 is 39.6 Å². The maximum atomic E-state index is 15.3. The average Bonchev–Trinajstić information content (AvgIpc) is 3.50. The molecule has 1 saturated carbocycles. The Hall–Kier alpha value is -3.53. The van der Waals surface area contributed by atoms with E-state index in [-0.39, 0.29) is 49.3 Å². The Kier molecular flexibility index (Phi) is 8.63. The molecule has 3 heterocycles. The van der Waals surface area contributed by atoms with E-state index in [1.807, 2.05) is 0 Å². The number of rotatable bonds is 9. The second-order valence-corrected chi connectivity index (χ2v) is 14.0. The van der Waals surface area contributed by atoms with Crippen molar-refractivity contribution in [3.8, 4) is 0 Å². The first-order valence-electron chi connectivity index (χ1n) is 14.8. The minimum atomic E-state index is -4.22. The van der Waals surface area contributed by atoms with E-state index in [1.54, 1.807) is 0 Å². The lowest BCUT2D eigenvalue weighted by Crippen LogP contribution is -2.59. The van der Waals surface area contributed by atoms with Crippen LogP contribution in [-0.2, 0) is 21.4 Å². The quantitative estimate of drug-likeness (QED) is 0.326. The van der Waals surface area contributed by atoms with Crippen molar-refractivity contribution in [1.29, 1.82) is 0 Å². The molecule has 2 aliphatic heterocycles. The van der Waals surface area contributed by atoms with Gasteiger partial charge >= 0.3 is 0 Å². The first kappa shape index (κ1) is 32.4. The Morgan fingerprint density at radius 2 is 1.72 bits per heavy atom. The summed E-state index contributed by atoms with van der Waals surface area (Å²) in [6.07, 6.45) is 1.68. The number of hydrogen-bond donors (Lipinski definition) is 2. The lowest BCUT2D eigenvalue weighted by Gasteiger charge is -2.38. The summed E-state index contributed by atoms with van der Waals surface area (Å²) in [5.74, 6) is -8.02. The zero-order valence-electron chi connectivity index (χ0n) is 24.5. The maximum Gasteiger partial charge on any atom is 0.282 e. The molecule has 2 aromatic carbocycles. The fourth-order valence-electron chi connectivity index (χ4n) is 6.64. The van der Waals surface area contributed by atoms with Crippen molar-refractivity contribution in [3.05, 3.63) is 94.8 Å². The minimum absolute atomic E-state index is 0.0182. The van der Waals surface area contributed by atoms with Gasteiger partial charge in [-0.2, -0.15) is 17.0 Å². The predicted octanol–water partition coefficient (Wildman–Crippen LogP) is 4.59. The molecule has 46 heavy (non-hydrogen) atoms. The number of piperazine rings is 1. The summed E-state index contributed by atoms with van der Waals surface area (Å²) in [7, 11) is -4.22. The van der Waals surface area contributed by atoms with Crippen LogP contribution in [0, 0.1) is 29.2 Å². The van der Waals surface area contributed by atoms with Crippen LogP contribution in [0.2, 0.25) is 0 Å². The number of aromatic nitrogens is 1. The molecule has 3 aromatic rings. The van der Waals surface area contributed by atoms with E-state index in [1.165, 1.54) is 22.6 Å². The van der Waals surface area contributed by atoms with Gasteiger partial charge in [0.05, 0.1) is 30.2 Å². The molecule has 8 nitrogen and oxygen atoms in total. The van der Waals surface area contributed by atoms with Crippen LogP contribution in [0.25, 0.3) is 0 Å². The molecule has 0 radical (unpaired) electrons. The molecule has 1 amide bonds. The van der Waals surface area contributed by atoms with E-state index in [0.29, 0.717) is 24.6 Å².